The molecule has 20 heavy (non-hydrogen) atoms. The quantitative estimate of drug-likeness (QED) is 0.845. The topological polar surface area (TPSA) is 20.2 Å². The maximum Gasteiger partial charge on any atom is 0.120 e. The largest absolute Gasteiger partial charge is 0.380 e. The van der Waals surface area contributed by atoms with Crippen LogP contribution in [0.15, 0.2) is 48.5 Å². The highest BCUT2D eigenvalue weighted by Gasteiger charge is 2.44. The molecule has 1 nitrogen and oxygen atoms in total. The predicted molar refractivity (Wildman–Crippen MR) is 84.8 cm³/mol. The summed E-state index contributed by atoms with van der Waals surface area (Å²) in [5, 5.41) is 11.7. The van der Waals surface area contributed by atoms with Gasteiger partial charge in [-0.1, -0.05) is 69.3 Å². The van der Waals surface area contributed by atoms with Crippen LogP contribution in [0.4, 0.5) is 0 Å². The molecular formula is C19H24O. The Morgan fingerprint density at radius 2 is 1.05 bits per heavy atom. The third-order valence-electron chi connectivity index (χ3n) is 4.16. The minimum absolute atomic E-state index is 0.300. The van der Waals surface area contributed by atoms with E-state index in [-0.39, 0.29) is 5.41 Å². The van der Waals surface area contributed by atoms with Gasteiger partial charge in [0.1, 0.15) is 5.60 Å². The lowest BCUT2D eigenvalue weighted by molar-refractivity contribution is -0.0269. The third-order valence-corrected chi connectivity index (χ3v) is 4.16. The second-order valence-corrected chi connectivity index (χ2v) is 6.59. The van der Waals surface area contributed by atoms with Crippen molar-refractivity contribution in [1.82, 2.24) is 0 Å². The van der Waals surface area contributed by atoms with Gasteiger partial charge in [-0.15, -0.1) is 0 Å². The highest BCUT2D eigenvalue weighted by atomic mass is 16.3. The van der Waals surface area contributed by atoms with E-state index in [9.17, 15) is 5.11 Å². The van der Waals surface area contributed by atoms with Crippen LogP contribution >= 0.6 is 0 Å². The fourth-order valence-electron chi connectivity index (χ4n) is 2.91. The summed E-state index contributed by atoms with van der Waals surface area (Å²) in [6.45, 7) is 10.4. The number of hydrogen-bond acceptors (Lipinski definition) is 1. The number of aryl methyl sites for hydroxylation is 2. The first-order chi connectivity index (χ1) is 9.28. The molecule has 0 aliphatic heterocycles. The maximum atomic E-state index is 11.7. The predicted octanol–water partition coefficient (Wildman–Crippen LogP) is 4.59. The molecule has 0 heterocycles. The summed E-state index contributed by atoms with van der Waals surface area (Å²) in [4.78, 5) is 0. The van der Waals surface area contributed by atoms with E-state index in [2.05, 4.69) is 46.8 Å². The molecule has 0 unspecified atom stereocenters. The Morgan fingerprint density at radius 3 is 1.35 bits per heavy atom. The number of hydrogen-bond donors (Lipinski definition) is 1. The summed E-state index contributed by atoms with van der Waals surface area (Å²) in [5.74, 6) is 0. The Kier molecular flexibility index (Phi) is 3.75. The summed E-state index contributed by atoms with van der Waals surface area (Å²) < 4.78 is 0. The number of benzene rings is 2. The van der Waals surface area contributed by atoms with Gasteiger partial charge in [0.15, 0.2) is 0 Å². The lowest BCUT2D eigenvalue weighted by atomic mass is 9.66. The molecule has 0 spiro atoms. The molecular weight excluding hydrogens is 244 g/mol. The first-order valence-corrected chi connectivity index (χ1v) is 7.13. The Hall–Kier alpha value is -1.60. The highest BCUT2D eigenvalue weighted by Crippen LogP contribution is 2.46. The van der Waals surface area contributed by atoms with Crippen LogP contribution in [0.1, 0.15) is 43.0 Å². The van der Waals surface area contributed by atoms with E-state index in [4.69, 9.17) is 0 Å². The van der Waals surface area contributed by atoms with E-state index >= 15 is 0 Å². The number of aliphatic hydroxyl groups is 1. The maximum absolute atomic E-state index is 11.7. The van der Waals surface area contributed by atoms with Gasteiger partial charge in [-0.2, -0.15) is 0 Å². The Bertz CT molecular complexity index is 560. The molecule has 0 bridgehead atoms. The van der Waals surface area contributed by atoms with Gasteiger partial charge >= 0.3 is 0 Å². The third kappa shape index (κ3) is 2.27. The van der Waals surface area contributed by atoms with Crippen LogP contribution in [-0.4, -0.2) is 5.11 Å². The zero-order valence-electron chi connectivity index (χ0n) is 13.1. The van der Waals surface area contributed by atoms with Crippen molar-refractivity contribution < 1.29 is 5.11 Å². The molecule has 0 fully saturated rings. The van der Waals surface area contributed by atoms with Crippen LogP contribution in [0.2, 0.25) is 0 Å². The Balaban J connectivity index is 2.78. The van der Waals surface area contributed by atoms with Crippen molar-refractivity contribution in [3.8, 4) is 0 Å². The second-order valence-electron chi connectivity index (χ2n) is 6.59. The lowest BCUT2D eigenvalue weighted by Gasteiger charge is -2.43. The van der Waals surface area contributed by atoms with E-state index in [1.54, 1.807) is 0 Å². The fraction of sp³-hybridized carbons (Fsp3) is 0.368. The lowest BCUT2D eigenvalue weighted by Crippen LogP contribution is -2.42. The molecule has 1 heteroatoms. The molecule has 2 aromatic carbocycles. The van der Waals surface area contributed by atoms with Gasteiger partial charge in [-0.25, -0.2) is 0 Å². The molecule has 0 amide bonds. The van der Waals surface area contributed by atoms with Crippen LogP contribution in [0, 0.1) is 19.3 Å². The molecule has 0 aliphatic rings. The van der Waals surface area contributed by atoms with E-state index in [1.807, 2.05) is 36.4 Å². The highest BCUT2D eigenvalue weighted by molar-refractivity contribution is 5.45. The fourth-order valence-corrected chi connectivity index (χ4v) is 2.91. The molecule has 106 valence electrons. The second kappa shape index (κ2) is 5.06. The molecule has 0 aromatic heterocycles. The molecule has 0 atom stereocenters. The Labute approximate surface area is 122 Å². The molecule has 2 aromatic rings. The van der Waals surface area contributed by atoms with Gasteiger partial charge in [0, 0.05) is 0 Å². The van der Waals surface area contributed by atoms with Crippen molar-refractivity contribution in [2.75, 3.05) is 0 Å². The van der Waals surface area contributed by atoms with Crippen LogP contribution in [-0.2, 0) is 5.60 Å². The van der Waals surface area contributed by atoms with Gasteiger partial charge in [0.05, 0.1) is 0 Å². The smallest absolute Gasteiger partial charge is 0.120 e. The molecule has 0 saturated carbocycles. The molecule has 0 radical (unpaired) electrons. The average Bonchev–Trinajstić information content (AvgIpc) is 2.37. The summed E-state index contributed by atoms with van der Waals surface area (Å²) in [6, 6.07) is 16.2. The molecule has 2 rings (SSSR count). The standard InChI is InChI=1S/C19H24O/c1-14-10-6-8-12-16(14)19(20,18(3,4)5)17-13-9-7-11-15(17)2/h6-13,20H,1-5H3. The molecule has 0 saturated heterocycles. The van der Waals surface area contributed by atoms with Gasteiger partial charge in [-0.05, 0) is 41.5 Å². The zero-order chi connectivity index (χ0) is 15.0. The van der Waals surface area contributed by atoms with E-state index in [0.717, 1.165) is 22.3 Å². The zero-order valence-corrected chi connectivity index (χ0v) is 13.1. The number of rotatable bonds is 2. The van der Waals surface area contributed by atoms with Crippen LogP contribution < -0.4 is 0 Å². The summed E-state index contributed by atoms with van der Waals surface area (Å²) in [6.07, 6.45) is 0. The van der Waals surface area contributed by atoms with Crippen molar-refractivity contribution >= 4 is 0 Å². The minimum atomic E-state index is -0.996. The van der Waals surface area contributed by atoms with Crippen molar-refractivity contribution in [1.29, 1.82) is 0 Å². The van der Waals surface area contributed by atoms with Crippen molar-refractivity contribution in [3.05, 3.63) is 70.8 Å². The van der Waals surface area contributed by atoms with Crippen molar-refractivity contribution in [2.45, 2.75) is 40.2 Å². The van der Waals surface area contributed by atoms with E-state index in [1.165, 1.54) is 0 Å². The van der Waals surface area contributed by atoms with Gasteiger partial charge < -0.3 is 5.11 Å². The van der Waals surface area contributed by atoms with E-state index in [0.29, 0.717) is 0 Å². The average molecular weight is 268 g/mol. The van der Waals surface area contributed by atoms with Crippen molar-refractivity contribution in [3.63, 3.8) is 0 Å². The first-order valence-electron chi connectivity index (χ1n) is 7.13. The summed E-state index contributed by atoms with van der Waals surface area (Å²) in [5.41, 5.74) is 2.92. The van der Waals surface area contributed by atoms with Crippen LogP contribution in [0.25, 0.3) is 0 Å². The van der Waals surface area contributed by atoms with Crippen LogP contribution in [0.3, 0.4) is 0 Å². The van der Waals surface area contributed by atoms with Crippen LogP contribution in [0.5, 0.6) is 0 Å². The minimum Gasteiger partial charge on any atom is -0.380 e. The van der Waals surface area contributed by atoms with Gasteiger partial charge in [0.2, 0.25) is 0 Å². The summed E-state index contributed by atoms with van der Waals surface area (Å²) in [7, 11) is 0. The van der Waals surface area contributed by atoms with Gasteiger partial charge in [0.25, 0.3) is 0 Å². The van der Waals surface area contributed by atoms with Crippen molar-refractivity contribution in [2.24, 2.45) is 5.41 Å². The monoisotopic (exact) mass is 268 g/mol. The summed E-state index contributed by atoms with van der Waals surface area (Å²) >= 11 is 0. The van der Waals surface area contributed by atoms with E-state index < -0.39 is 5.60 Å². The Morgan fingerprint density at radius 1 is 0.700 bits per heavy atom. The normalized spacial score (nSPS) is 12.5. The van der Waals surface area contributed by atoms with Gasteiger partial charge in [-0.3, -0.25) is 0 Å². The molecule has 1 N–H and O–H groups in total. The first kappa shape index (κ1) is 14.8. The molecule has 0 aliphatic carbocycles. The SMILES string of the molecule is Cc1ccccc1C(O)(c1ccccc1C)C(C)(C)C.